The van der Waals surface area contributed by atoms with Gasteiger partial charge < -0.3 is 15.1 Å². The average molecular weight is 706 g/mol. The summed E-state index contributed by atoms with van der Waals surface area (Å²) in [6, 6.07) is 3.89. The Balaban J connectivity index is 1.38. The van der Waals surface area contributed by atoms with Crippen molar-refractivity contribution in [1.29, 1.82) is 0 Å². The lowest BCUT2D eigenvalue weighted by Crippen LogP contribution is -2.45. The number of thioether (sulfide) groups is 1. The normalized spacial score (nSPS) is 22.0. The Kier molecular flexibility index (Phi) is 11.4. The first-order valence-electron chi connectivity index (χ1n) is 16.4. The molecule has 47 heavy (non-hydrogen) atoms. The van der Waals surface area contributed by atoms with Gasteiger partial charge in [-0.1, -0.05) is 6.07 Å². The summed E-state index contributed by atoms with van der Waals surface area (Å²) in [4.78, 5) is 4.14. The van der Waals surface area contributed by atoms with Crippen LogP contribution in [0.1, 0.15) is 56.4 Å². The second-order valence-corrected chi connectivity index (χ2v) is 16.9. The number of aliphatic hydroxyl groups excluding tert-OH is 1. The van der Waals surface area contributed by atoms with Crippen molar-refractivity contribution in [3.8, 4) is 11.3 Å². The lowest BCUT2D eigenvalue weighted by molar-refractivity contribution is -0.139. The Labute approximate surface area is 279 Å². The molecule has 1 aromatic heterocycles. The molecule has 1 aromatic carbocycles. The monoisotopic (exact) mass is 705 g/mol. The number of benzene rings is 1. The SMILES string of the molecule is CC(C)(O)C1CCN(C[C@H](O)Cn2nc(-c3ccc(C(F)(F)F)c(SCCN4CCCC(F)C4)c3)c3c2CCN(S(C)(=O)=O)C3)CC1. The van der Waals surface area contributed by atoms with Crippen LogP contribution in [-0.2, 0) is 35.7 Å². The zero-order valence-corrected chi connectivity index (χ0v) is 29.0. The first kappa shape index (κ1) is 36.5. The van der Waals surface area contributed by atoms with Crippen molar-refractivity contribution >= 4 is 21.8 Å². The maximum absolute atomic E-state index is 14.1. The third kappa shape index (κ3) is 9.28. The summed E-state index contributed by atoms with van der Waals surface area (Å²) in [5, 5.41) is 26.3. The van der Waals surface area contributed by atoms with Gasteiger partial charge in [0.05, 0.1) is 35.8 Å². The maximum atomic E-state index is 14.1. The van der Waals surface area contributed by atoms with Crippen molar-refractivity contribution in [1.82, 2.24) is 23.9 Å². The van der Waals surface area contributed by atoms with Crippen LogP contribution in [0, 0.1) is 5.92 Å². The van der Waals surface area contributed by atoms with E-state index >= 15 is 0 Å². The van der Waals surface area contributed by atoms with Crippen LogP contribution in [0.4, 0.5) is 17.6 Å². The molecule has 2 fully saturated rings. The molecule has 0 amide bonds. The van der Waals surface area contributed by atoms with E-state index in [0.717, 1.165) is 68.7 Å². The molecule has 0 saturated carbocycles. The van der Waals surface area contributed by atoms with Crippen LogP contribution in [0.5, 0.6) is 0 Å². The van der Waals surface area contributed by atoms with Crippen LogP contribution >= 0.6 is 11.8 Å². The number of hydrogen-bond donors (Lipinski definition) is 2. The standard InChI is InChI=1S/C32H47F4N5O4S2/c1-31(2,43)23-8-12-39(13-9-23)19-25(42)20-41-28-10-14-40(47(3,44)45)21-26(28)30(37-41)22-6-7-27(32(34,35)36)29(17-22)46-16-15-38-11-4-5-24(33)18-38/h6-7,17,23-25,42-43H,4-5,8-16,18-21H2,1-3H3/t24?,25-/m0/s1. The number of aromatic nitrogens is 2. The van der Waals surface area contributed by atoms with Gasteiger partial charge in [-0.05, 0) is 77.2 Å². The van der Waals surface area contributed by atoms with Gasteiger partial charge in [-0.15, -0.1) is 11.8 Å². The second-order valence-electron chi connectivity index (χ2n) is 13.8. The fourth-order valence-corrected chi connectivity index (χ4v) is 8.93. The Bertz CT molecular complexity index is 1490. The number of fused-ring (bicyclic) bond motifs is 1. The third-order valence-electron chi connectivity index (χ3n) is 9.68. The van der Waals surface area contributed by atoms with Gasteiger partial charge in [-0.25, -0.2) is 12.8 Å². The minimum Gasteiger partial charge on any atom is -0.390 e. The molecule has 3 aliphatic heterocycles. The number of piperidine rings is 2. The van der Waals surface area contributed by atoms with Gasteiger partial charge in [-0.2, -0.15) is 22.6 Å². The number of β-amino-alcohol motifs (C(OH)–C–C–N with tert-alkyl or cyclic N) is 1. The molecule has 2 N–H and O–H groups in total. The molecular formula is C32H47F4N5O4S2. The predicted octanol–water partition coefficient (Wildman–Crippen LogP) is 4.26. The smallest absolute Gasteiger partial charge is 0.390 e. The Morgan fingerprint density at radius 3 is 2.43 bits per heavy atom. The van der Waals surface area contributed by atoms with Gasteiger partial charge in [0, 0.05) is 66.6 Å². The quantitative estimate of drug-likeness (QED) is 0.265. The number of aliphatic hydroxyl groups is 2. The predicted molar refractivity (Wildman–Crippen MR) is 174 cm³/mol. The van der Waals surface area contributed by atoms with Crippen LogP contribution in [0.3, 0.4) is 0 Å². The van der Waals surface area contributed by atoms with Crippen LogP contribution in [0.25, 0.3) is 11.3 Å². The Morgan fingerprint density at radius 2 is 1.79 bits per heavy atom. The highest BCUT2D eigenvalue weighted by Crippen LogP contribution is 2.40. The lowest BCUT2D eigenvalue weighted by atomic mass is 9.83. The van der Waals surface area contributed by atoms with Gasteiger partial charge in [0.1, 0.15) is 6.17 Å². The van der Waals surface area contributed by atoms with Crippen LogP contribution in [0.15, 0.2) is 23.1 Å². The van der Waals surface area contributed by atoms with Crippen molar-refractivity contribution in [2.24, 2.45) is 5.92 Å². The minimum absolute atomic E-state index is 0.0346. The van der Waals surface area contributed by atoms with Crippen molar-refractivity contribution in [3.63, 3.8) is 0 Å². The Hall–Kier alpha value is -1.75. The number of halogens is 4. The molecular weight excluding hydrogens is 659 g/mol. The lowest BCUT2D eigenvalue weighted by Gasteiger charge is -2.38. The van der Waals surface area contributed by atoms with E-state index in [1.807, 2.05) is 18.7 Å². The average Bonchev–Trinajstić information content (AvgIpc) is 3.33. The van der Waals surface area contributed by atoms with E-state index in [1.54, 1.807) is 4.68 Å². The zero-order chi connectivity index (χ0) is 34.1. The molecule has 264 valence electrons. The van der Waals surface area contributed by atoms with Gasteiger partial charge in [0.2, 0.25) is 10.0 Å². The molecule has 2 saturated heterocycles. The number of hydrogen-bond acceptors (Lipinski definition) is 8. The summed E-state index contributed by atoms with van der Waals surface area (Å²) >= 11 is 1.07. The summed E-state index contributed by atoms with van der Waals surface area (Å²) in [5.41, 5.74) is 0.716. The molecule has 9 nitrogen and oxygen atoms in total. The van der Waals surface area contributed by atoms with Crippen LogP contribution in [0.2, 0.25) is 0 Å². The van der Waals surface area contributed by atoms with E-state index in [0.29, 0.717) is 48.5 Å². The van der Waals surface area contributed by atoms with E-state index in [2.05, 4.69) is 4.90 Å². The first-order chi connectivity index (χ1) is 22.0. The van der Waals surface area contributed by atoms with Crippen LogP contribution in [-0.4, -0.2) is 118 Å². The fourth-order valence-electron chi connectivity index (χ4n) is 7.02. The second kappa shape index (κ2) is 14.6. The van der Waals surface area contributed by atoms with Crippen molar-refractivity contribution < 1.29 is 36.2 Å². The molecule has 5 rings (SSSR count). The summed E-state index contributed by atoms with van der Waals surface area (Å²) in [7, 11) is -3.54. The number of alkyl halides is 4. The fraction of sp³-hybridized carbons (Fsp3) is 0.719. The van der Waals surface area contributed by atoms with Gasteiger partial charge >= 0.3 is 6.18 Å². The van der Waals surface area contributed by atoms with Crippen LogP contribution < -0.4 is 0 Å². The van der Waals surface area contributed by atoms with E-state index in [4.69, 9.17) is 5.10 Å². The van der Waals surface area contributed by atoms with E-state index < -0.39 is 39.6 Å². The highest BCUT2D eigenvalue weighted by atomic mass is 32.2. The number of rotatable bonds is 11. The van der Waals surface area contributed by atoms with E-state index in [1.165, 1.54) is 16.4 Å². The third-order valence-corrected chi connectivity index (χ3v) is 12.0. The van der Waals surface area contributed by atoms with E-state index in [9.17, 15) is 36.2 Å². The highest BCUT2D eigenvalue weighted by Gasteiger charge is 2.36. The molecule has 2 atom stereocenters. The summed E-state index contributed by atoms with van der Waals surface area (Å²) < 4.78 is 84.1. The molecule has 0 bridgehead atoms. The van der Waals surface area contributed by atoms with E-state index in [-0.39, 0.29) is 37.0 Å². The summed E-state index contributed by atoms with van der Waals surface area (Å²) in [6.45, 7) is 7.44. The molecule has 15 heteroatoms. The van der Waals surface area contributed by atoms with Crippen molar-refractivity contribution in [3.05, 3.63) is 35.0 Å². The molecule has 3 aliphatic rings. The zero-order valence-electron chi connectivity index (χ0n) is 27.3. The molecule has 0 spiro atoms. The highest BCUT2D eigenvalue weighted by molar-refractivity contribution is 7.99. The topological polar surface area (TPSA) is 102 Å². The molecule has 4 heterocycles. The summed E-state index contributed by atoms with van der Waals surface area (Å²) in [5.74, 6) is 0.542. The minimum atomic E-state index is -4.58. The molecule has 0 aliphatic carbocycles. The number of likely N-dealkylation sites (tertiary alicyclic amines) is 2. The van der Waals surface area contributed by atoms with Gasteiger partial charge in [-0.3, -0.25) is 9.58 Å². The summed E-state index contributed by atoms with van der Waals surface area (Å²) in [6.07, 6.45) is -1.91. The van der Waals surface area contributed by atoms with Crippen molar-refractivity contribution in [2.45, 2.75) is 88.0 Å². The Morgan fingerprint density at radius 1 is 1.06 bits per heavy atom. The number of sulfonamides is 1. The van der Waals surface area contributed by atoms with Crippen molar-refractivity contribution in [2.75, 3.05) is 57.8 Å². The van der Waals surface area contributed by atoms with Gasteiger partial charge in [0.15, 0.2) is 0 Å². The number of nitrogens with zero attached hydrogens (tertiary/aromatic N) is 5. The molecule has 0 radical (unpaired) electrons. The maximum Gasteiger partial charge on any atom is 0.417 e. The first-order valence-corrected chi connectivity index (χ1v) is 19.2. The van der Waals surface area contributed by atoms with Gasteiger partial charge in [0.25, 0.3) is 0 Å². The molecule has 2 aromatic rings. The molecule has 1 unspecified atom stereocenters. The largest absolute Gasteiger partial charge is 0.417 e.